The van der Waals surface area contributed by atoms with Crippen LogP contribution in [-0.2, 0) is 0 Å². The monoisotopic (exact) mass is 322 g/mol. The fourth-order valence-electron chi connectivity index (χ4n) is 1.80. The smallest absolute Gasteiger partial charge is 0.320 e. The molecule has 0 aromatic carbocycles. The number of anilines is 1. The highest BCUT2D eigenvalue weighted by Crippen LogP contribution is 2.13. The number of amides is 2. The zero-order valence-electron chi connectivity index (χ0n) is 12.4. The number of alkyl halides is 2. The average Bonchev–Trinajstić information content (AvgIpc) is 2.54. The molecule has 6 nitrogen and oxygen atoms in total. The van der Waals surface area contributed by atoms with Gasteiger partial charge in [-0.15, -0.1) is 0 Å². The van der Waals surface area contributed by atoms with Gasteiger partial charge >= 0.3 is 6.03 Å². The first-order valence-corrected chi connectivity index (χ1v) is 6.90. The van der Waals surface area contributed by atoms with Crippen LogP contribution in [0.1, 0.15) is 18.5 Å². The van der Waals surface area contributed by atoms with Crippen LogP contribution >= 0.6 is 0 Å². The zero-order valence-corrected chi connectivity index (χ0v) is 12.4. The minimum atomic E-state index is -2.59. The van der Waals surface area contributed by atoms with Crippen molar-refractivity contribution >= 4 is 11.8 Å². The lowest BCUT2D eigenvalue weighted by molar-refractivity contribution is 0.0796. The highest BCUT2D eigenvalue weighted by Gasteiger charge is 2.10. The van der Waals surface area contributed by atoms with E-state index in [9.17, 15) is 13.6 Å². The van der Waals surface area contributed by atoms with Crippen LogP contribution in [0.3, 0.4) is 0 Å². The van der Waals surface area contributed by atoms with Crippen LogP contribution in [0.15, 0.2) is 42.7 Å². The third kappa shape index (κ3) is 5.50. The van der Waals surface area contributed by atoms with Gasteiger partial charge in [-0.3, -0.25) is 10.3 Å². The van der Waals surface area contributed by atoms with E-state index in [0.29, 0.717) is 0 Å². The molecule has 0 saturated heterocycles. The van der Waals surface area contributed by atoms with Gasteiger partial charge in [0.25, 0.3) is 6.43 Å². The van der Waals surface area contributed by atoms with E-state index in [1.807, 2.05) is 6.92 Å². The predicted molar refractivity (Wildman–Crippen MR) is 80.5 cm³/mol. The molecule has 122 valence electrons. The van der Waals surface area contributed by atoms with E-state index in [-0.39, 0.29) is 17.7 Å². The number of urea groups is 1. The summed E-state index contributed by atoms with van der Waals surface area (Å²) < 4.78 is 29.0. The van der Waals surface area contributed by atoms with Crippen molar-refractivity contribution in [1.82, 2.24) is 15.3 Å². The Balaban J connectivity index is 1.91. The molecule has 2 aromatic heterocycles. The topological polar surface area (TPSA) is 76.1 Å². The van der Waals surface area contributed by atoms with Crippen LogP contribution in [0.5, 0.6) is 5.88 Å². The number of hydrogen-bond donors (Lipinski definition) is 2. The quantitative estimate of drug-likeness (QED) is 0.857. The molecule has 0 fully saturated rings. The lowest BCUT2D eigenvalue weighted by Crippen LogP contribution is -2.31. The van der Waals surface area contributed by atoms with E-state index in [0.717, 1.165) is 5.56 Å². The molecular weight excluding hydrogens is 306 g/mol. The summed E-state index contributed by atoms with van der Waals surface area (Å²) in [4.78, 5) is 19.8. The van der Waals surface area contributed by atoms with Gasteiger partial charge in [-0.25, -0.2) is 13.6 Å². The molecule has 2 heterocycles. The Labute approximate surface area is 131 Å². The van der Waals surface area contributed by atoms with E-state index in [2.05, 4.69) is 20.6 Å². The van der Waals surface area contributed by atoms with Crippen LogP contribution < -0.4 is 15.4 Å². The molecule has 0 aliphatic heterocycles. The molecule has 23 heavy (non-hydrogen) atoms. The van der Waals surface area contributed by atoms with Crippen molar-refractivity contribution in [3.63, 3.8) is 0 Å². The van der Waals surface area contributed by atoms with Crippen LogP contribution in [0.2, 0.25) is 0 Å². The highest BCUT2D eigenvalue weighted by molar-refractivity contribution is 5.88. The van der Waals surface area contributed by atoms with Gasteiger partial charge in [0, 0.05) is 18.5 Å². The first-order chi connectivity index (χ1) is 11.0. The lowest BCUT2D eigenvalue weighted by atomic mass is 10.1. The summed E-state index contributed by atoms with van der Waals surface area (Å²) in [6.07, 6.45) is 0.686. The van der Waals surface area contributed by atoms with Crippen molar-refractivity contribution in [1.29, 1.82) is 0 Å². The van der Waals surface area contributed by atoms with E-state index < -0.39 is 19.1 Å². The predicted octanol–water partition coefficient (Wildman–Crippen LogP) is 3.00. The Bertz CT molecular complexity index is 640. The maximum absolute atomic E-state index is 12.1. The number of aromatic nitrogens is 2. The van der Waals surface area contributed by atoms with E-state index in [1.165, 1.54) is 12.1 Å². The normalized spacial score (nSPS) is 11.8. The summed E-state index contributed by atoms with van der Waals surface area (Å²) >= 11 is 0. The number of hydrogen-bond acceptors (Lipinski definition) is 4. The van der Waals surface area contributed by atoms with Crippen molar-refractivity contribution in [2.45, 2.75) is 19.4 Å². The summed E-state index contributed by atoms with van der Waals surface area (Å²) in [5.74, 6) is 0.224. The SMILES string of the molecule is C[C@H](NC(=O)Nc1cccc(OCC(F)F)n1)c1ccncc1. The Morgan fingerprint density at radius 1 is 1.26 bits per heavy atom. The van der Waals surface area contributed by atoms with Gasteiger partial charge in [0.05, 0.1) is 6.04 Å². The number of carbonyl (C=O) groups is 1. The van der Waals surface area contributed by atoms with Crippen molar-refractivity contribution in [2.75, 3.05) is 11.9 Å². The summed E-state index contributed by atoms with van der Waals surface area (Å²) in [6, 6.07) is 7.42. The molecule has 0 unspecified atom stereocenters. The van der Waals surface area contributed by atoms with Gasteiger partial charge < -0.3 is 10.1 Å². The minimum Gasteiger partial charge on any atom is -0.472 e. The number of halogens is 2. The van der Waals surface area contributed by atoms with Crippen LogP contribution in [-0.4, -0.2) is 29.0 Å². The summed E-state index contributed by atoms with van der Waals surface area (Å²) in [5, 5.41) is 5.26. The fraction of sp³-hybridized carbons (Fsp3) is 0.267. The van der Waals surface area contributed by atoms with Gasteiger partial charge in [-0.05, 0) is 30.7 Å². The van der Waals surface area contributed by atoms with Crippen LogP contribution in [0, 0.1) is 0 Å². The van der Waals surface area contributed by atoms with Gasteiger partial charge in [-0.1, -0.05) is 6.07 Å². The second kappa shape index (κ2) is 8.02. The molecule has 1 atom stereocenters. The second-order valence-corrected chi connectivity index (χ2v) is 4.66. The number of carbonyl (C=O) groups excluding carboxylic acids is 1. The molecule has 2 rings (SSSR count). The van der Waals surface area contributed by atoms with Gasteiger partial charge in [0.15, 0.2) is 6.61 Å². The van der Waals surface area contributed by atoms with E-state index in [1.54, 1.807) is 30.6 Å². The van der Waals surface area contributed by atoms with Crippen molar-refractivity contribution < 1.29 is 18.3 Å². The molecule has 2 aromatic rings. The average molecular weight is 322 g/mol. The zero-order chi connectivity index (χ0) is 16.7. The largest absolute Gasteiger partial charge is 0.472 e. The highest BCUT2D eigenvalue weighted by atomic mass is 19.3. The fourth-order valence-corrected chi connectivity index (χ4v) is 1.80. The first-order valence-electron chi connectivity index (χ1n) is 6.90. The maximum Gasteiger partial charge on any atom is 0.320 e. The number of rotatable bonds is 6. The Morgan fingerprint density at radius 3 is 2.70 bits per heavy atom. The van der Waals surface area contributed by atoms with Gasteiger partial charge in [-0.2, -0.15) is 4.98 Å². The summed E-state index contributed by atoms with van der Waals surface area (Å²) in [5.41, 5.74) is 0.900. The number of pyridine rings is 2. The molecule has 2 amide bonds. The Morgan fingerprint density at radius 2 is 2.00 bits per heavy atom. The molecule has 8 heteroatoms. The Kier molecular flexibility index (Phi) is 5.79. The summed E-state index contributed by atoms with van der Waals surface area (Å²) in [6.45, 7) is 1.08. The van der Waals surface area contributed by atoms with Crippen molar-refractivity contribution in [2.24, 2.45) is 0 Å². The first kappa shape index (κ1) is 16.6. The van der Waals surface area contributed by atoms with Crippen LogP contribution in [0.25, 0.3) is 0 Å². The van der Waals surface area contributed by atoms with Crippen molar-refractivity contribution in [3.8, 4) is 5.88 Å². The molecule has 2 N–H and O–H groups in total. The maximum atomic E-state index is 12.1. The molecule has 0 saturated carbocycles. The van der Waals surface area contributed by atoms with Crippen LogP contribution in [0.4, 0.5) is 19.4 Å². The second-order valence-electron chi connectivity index (χ2n) is 4.66. The number of nitrogens with one attached hydrogen (secondary N) is 2. The van der Waals surface area contributed by atoms with E-state index >= 15 is 0 Å². The summed E-state index contributed by atoms with van der Waals surface area (Å²) in [7, 11) is 0. The molecule has 0 bridgehead atoms. The van der Waals surface area contributed by atoms with Gasteiger partial charge in [0.2, 0.25) is 5.88 Å². The number of nitrogens with zero attached hydrogens (tertiary/aromatic N) is 2. The minimum absolute atomic E-state index is 0.0188. The molecule has 0 aliphatic rings. The standard InChI is InChI=1S/C15H16F2N4O2/c1-10(11-5-7-18-8-6-11)19-15(22)21-13-3-2-4-14(20-13)23-9-12(16)17/h2-8,10,12H,9H2,1H3,(H2,19,20,21,22)/t10-/m0/s1. The third-order valence-corrected chi connectivity index (χ3v) is 2.88. The van der Waals surface area contributed by atoms with E-state index in [4.69, 9.17) is 4.74 Å². The van der Waals surface area contributed by atoms with Gasteiger partial charge in [0.1, 0.15) is 5.82 Å². The number of ether oxygens (including phenoxy) is 1. The molecule has 0 aliphatic carbocycles. The molecular formula is C15H16F2N4O2. The van der Waals surface area contributed by atoms with Crippen molar-refractivity contribution in [3.05, 3.63) is 48.3 Å². The molecule has 0 spiro atoms. The Hall–Kier alpha value is -2.77. The molecule has 0 radical (unpaired) electrons. The third-order valence-electron chi connectivity index (χ3n) is 2.88. The lowest BCUT2D eigenvalue weighted by Gasteiger charge is -2.14.